The minimum atomic E-state index is -1.24. The fourth-order valence-electron chi connectivity index (χ4n) is 2.07. The number of hydrogen-bond acceptors (Lipinski definition) is 3. The van der Waals surface area contributed by atoms with Gasteiger partial charge in [-0.1, -0.05) is 6.92 Å². The summed E-state index contributed by atoms with van der Waals surface area (Å²) in [5, 5.41) is 8.77. The van der Waals surface area contributed by atoms with E-state index < -0.39 is 11.8 Å². The van der Waals surface area contributed by atoms with Crippen LogP contribution < -0.4 is 4.90 Å². The molecule has 0 spiro atoms. The average Bonchev–Trinajstić information content (AvgIpc) is 2.38. The number of carbonyl (C=O) groups is 1. The molecule has 4 nitrogen and oxygen atoms in total. The number of nitrogens with zero attached hydrogens (tertiary/aromatic N) is 1. The number of rotatable bonds is 3. The topological polar surface area (TPSA) is 49.8 Å². The largest absolute Gasteiger partial charge is 0.478 e. The van der Waals surface area contributed by atoms with Gasteiger partial charge < -0.3 is 14.7 Å². The first-order valence-corrected chi connectivity index (χ1v) is 6.01. The fourth-order valence-corrected chi connectivity index (χ4v) is 2.07. The maximum Gasteiger partial charge on any atom is 0.338 e. The molecule has 1 heterocycles. The first-order valence-electron chi connectivity index (χ1n) is 6.01. The van der Waals surface area contributed by atoms with Crippen molar-refractivity contribution in [1.29, 1.82) is 0 Å². The highest BCUT2D eigenvalue weighted by atomic mass is 19.1. The Morgan fingerprint density at radius 2 is 2.39 bits per heavy atom. The molecule has 1 aromatic rings. The van der Waals surface area contributed by atoms with Crippen LogP contribution >= 0.6 is 0 Å². The number of halogens is 1. The predicted octanol–water partition coefficient (Wildman–Crippen LogP) is 2.14. The maximum absolute atomic E-state index is 13.6. The zero-order valence-electron chi connectivity index (χ0n) is 10.2. The Labute approximate surface area is 105 Å². The van der Waals surface area contributed by atoms with Gasteiger partial charge >= 0.3 is 5.97 Å². The summed E-state index contributed by atoms with van der Waals surface area (Å²) < 4.78 is 19.1. The van der Waals surface area contributed by atoms with E-state index in [0.29, 0.717) is 25.4 Å². The van der Waals surface area contributed by atoms with E-state index in [1.165, 1.54) is 12.1 Å². The molecule has 0 saturated carbocycles. The van der Waals surface area contributed by atoms with Crippen molar-refractivity contribution in [3.05, 3.63) is 29.6 Å². The molecule has 2 rings (SSSR count). The standard InChI is InChI=1S/C13H16FNO3/c1-2-10-8-15(5-6-18-10)9-3-4-11(13(16)17)12(14)7-9/h3-4,7,10H,2,5-6,8H2,1H3,(H,16,17). The molecule has 1 fully saturated rings. The maximum atomic E-state index is 13.6. The Kier molecular flexibility index (Phi) is 3.81. The summed E-state index contributed by atoms with van der Waals surface area (Å²) in [6.45, 7) is 4.06. The molecule has 0 bridgehead atoms. The van der Waals surface area contributed by atoms with Crippen molar-refractivity contribution in [2.75, 3.05) is 24.6 Å². The van der Waals surface area contributed by atoms with Crippen LogP contribution in [0.5, 0.6) is 0 Å². The van der Waals surface area contributed by atoms with Crippen LogP contribution in [0.4, 0.5) is 10.1 Å². The molecule has 0 amide bonds. The number of morpholine rings is 1. The number of anilines is 1. The summed E-state index contributed by atoms with van der Waals surface area (Å²) in [5.74, 6) is -1.94. The van der Waals surface area contributed by atoms with E-state index >= 15 is 0 Å². The van der Waals surface area contributed by atoms with E-state index in [1.807, 2.05) is 11.8 Å². The number of aromatic carboxylic acids is 1. The number of ether oxygens (including phenoxy) is 1. The van der Waals surface area contributed by atoms with Gasteiger partial charge in [0.2, 0.25) is 0 Å². The Bertz CT molecular complexity index is 450. The molecule has 1 N–H and O–H groups in total. The van der Waals surface area contributed by atoms with Crippen LogP contribution in [0.2, 0.25) is 0 Å². The second-order valence-electron chi connectivity index (χ2n) is 4.32. The van der Waals surface area contributed by atoms with Crippen LogP contribution in [0, 0.1) is 5.82 Å². The van der Waals surface area contributed by atoms with Crippen LogP contribution in [0.25, 0.3) is 0 Å². The quantitative estimate of drug-likeness (QED) is 0.896. The molecule has 1 atom stereocenters. The van der Waals surface area contributed by atoms with Gasteiger partial charge in [0.05, 0.1) is 18.3 Å². The molecule has 1 aliphatic rings. The third kappa shape index (κ3) is 2.61. The number of carboxylic acids is 1. The smallest absolute Gasteiger partial charge is 0.338 e. The zero-order valence-corrected chi connectivity index (χ0v) is 10.2. The van der Waals surface area contributed by atoms with Gasteiger partial charge in [0.1, 0.15) is 5.82 Å². The van der Waals surface area contributed by atoms with Crippen molar-refractivity contribution in [1.82, 2.24) is 0 Å². The summed E-state index contributed by atoms with van der Waals surface area (Å²) in [6.07, 6.45) is 1.06. The van der Waals surface area contributed by atoms with Crippen molar-refractivity contribution in [2.45, 2.75) is 19.4 Å². The van der Waals surface area contributed by atoms with Gasteiger partial charge in [0, 0.05) is 18.8 Å². The fraction of sp³-hybridized carbons (Fsp3) is 0.462. The first kappa shape index (κ1) is 12.8. The van der Waals surface area contributed by atoms with Gasteiger partial charge in [-0.3, -0.25) is 0 Å². The third-order valence-corrected chi connectivity index (χ3v) is 3.14. The van der Waals surface area contributed by atoms with Crippen molar-refractivity contribution in [3.8, 4) is 0 Å². The highest BCUT2D eigenvalue weighted by Crippen LogP contribution is 2.21. The van der Waals surface area contributed by atoms with Crippen LogP contribution in [0.1, 0.15) is 23.7 Å². The predicted molar refractivity (Wildman–Crippen MR) is 65.6 cm³/mol. The number of hydrogen-bond donors (Lipinski definition) is 1. The van der Waals surface area contributed by atoms with Gasteiger partial charge in [-0.05, 0) is 24.6 Å². The van der Waals surface area contributed by atoms with Gasteiger partial charge in [-0.2, -0.15) is 0 Å². The molecular weight excluding hydrogens is 237 g/mol. The summed E-state index contributed by atoms with van der Waals surface area (Å²) in [4.78, 5) is 12.8. The average molecular weight is 253 g/mol. The molecule has 1 unspecified atom stereocenters. The molecule has 98 valence electrons. The second-order valence-corrected chi connectivity index (χ2v) is 4.32. The number of carboxylic acid groups (broad SMARTS) is 1. The van der Waals surface area contributed by atoms with Crippen LogP contribution in [0.15, 0.2) is 18.2 Å². The summed E-state index contributed by atoms with van der Waals surface area (Å²) >= 11 is 0. The van der Waals surface area contributed by atoms with Crippen molar-refractivity contribution in [3.63, 3.8) is 0 Å². The lowest BCUT2D eigenvalue weighted by Gasteiger charge is -2.34. The lowest BCUT2D eigenvalue weighted by molar-refractivity contribution is 0.0384. The summed E-state index contributed by atoms with van der Waals surface area (Å²) in [7, 11) is 0. The first-order chi connectivity index (χ1) is 8.61. The highest BCUT2D eigenvalue weighted by molar-refractivity contribution is 5.88. The molecular formula is C13H16FNO3. The van der Waals surface area contributed by atoms with Crippen molar-refractivity contribution < 1.29 is 19.0 Å². The van der Waals surface area contributed by atoms with E-state index in [4.69, 9.17) is 9.84 Å². The highest BCUT2D eigenvalue weighted by Gasteiger charge is 2.20. The minimum Gasteiger partial charge on any atom is -0.478 e. The van der Waals surface area contributed by atoms with Crippen LogP contribution in [0.3, 0.4) is 0 Å². The second kappa shape index (κ2) is 5.35. The molecule has 5 heteroatoms. The summed E-state index contributed by atoms with van der Waals surface area (Å²) in [6, 6.07) is 4.23. The van der Waals surface area contributed by atoms with Crippen LogP contribution in [-0.2, 0) is 4.74 Å². The van der Waals surface area contributed by atoms with E-state index in [2.05, 4.69) is 0 Å². The van der Waals surface area contributed by atoms with Gasteiger partial charge in [-0.25, -0.2) is 9.18 Å². The van der Waals surface area contributed by atoms with E-state index in [9.17, 15) is 9.18 Å². The molecule has 1 saturated heterocycles. The van der Waals surface area contributed by atoms with Crippen LogP contribution in [-0.4, -0.2) is 36.9 Å². The lowest BCUT2D eigenvalue weighted by Crippen LogP contribution is -2.42. The van der Waals surface area contributed by atoms with Crippen molar-refractivity contribution in [2.24, 2.45) is 0 Å². The normalized spacial score (nSPS) is 19.9. The van der Waals surface area contributed by atoms with Gasteiger partial charge in [-0.15, -0.1) is 0 Å². The third-order valence-electron chi connectivity index (χ3n) is 3.14. The molecule has 1 aromatic carbocycles. The van der Waals surface area contributed by atoms with Gasteiger partial charge in [0.15, 0.2) is 0 Å². The monoisotopic (exact) mass is 253 g/mol. The molecule has 0 aromatic heterocycles. The number of benzene rings is 1. The molecule has 0 radical (unpaired) electrons. The van der Waals surface area contributed by atoms with E-state index in [0.717, 1.165) is 6.42 Å². The Morgan fingerprint density at radius 1 is 1.61 bits per heavy atom. The van der Waals surface area contributed by atoms with E-state index in [1.54, 1.807) is 6.07 Å². The Balaban J connectivity index is 2.18. The molecule has 0 aliphatic carbocycles. The van der Waals surface area contributed by atoms with Crippen molar-refractivity contribution >= 4 is 11.7 Å². The lowest BCUT2D eigenvalue weighted by atomic mass is 10.1. The minimum absolute atomic E-state index is 0.154. The van der Waals surface area contributed by atoms with E-state index in [-0.39, 0.29) is 11.7 Å². The Morgan fingerprint density at radius 3 is 3.00 bits per heavy atom. The van der Waals surface area contributed by atoms with Gasteiger partial charge in [0.25, 0.3) is 0 Å². The zero-order chi connectivity index (χ0) is 13.1. The molecule has 1 aliphatic heterocycles. The molecule has 18 heavy (non-hydrogen) atoms. The summed E-state index contributed by atoms with van der Waals surface area (Å²) in [5.41, 5.74) is 0.415. The SMILES string of the molecule is CCC1CN(c2ccc(C(=O)O)c(F)c2)CCO1. The Hall–Kier alpha value is -1.62.